The Bertz CT molecular complexity index is 956. The standard InChI is InChI=1S/C18H22Cl3N5O2S/c1-26-9-7-12(8-10-26)11-22-17-24-15(23-16(25-17)18(19,20)21)13-3-5-14(6-4-13)29(2,27)28/h3-6,12H,7-11H2,1-2H3,(H,22,23,24,25). The number of likely N-dealkylation sites (tertiary alicyclic amines) is 1. The topological polar surface area (TPSA) is 88.1 Å². The van der Waals surface area contributed by atoms with Crippen LogP contribution >= 0.6 is 34.8 Å². The van der Waals surface area contributed by atoms with E-state index < -0.39 is 13.6 Å². The van der Waals surface area contributed by atoms with Crippen molar-refractivity contribution in [2.24, 2.45) is 5.92 Å². The third-order valence-corrected chi connectivity index (χ3v) is 6.45. The summed E-state index contributed by atoms with van der Waals surface area (Å²) in [6.45, 7) is 2.82. The van der Waals surface area contributed by atoms with E-state index in [1.807, 2.05) is 0 Å². The van der Waals surface area contributed by atoms with Gasteiger partial charge in [0, 0.05) is 18.4 Å². The van der Waals surface area contributed by atoms with Crippen molar-refractivity contribution >= 4 is 50.6 Å². The maximum absolute atomic E-state index is 11.7. The number of hydrogen-bond donors (Lipinski definition) is 1. The number of hydrogen-bond acceptors (Lipinski definition) is 7. The van der Waals surface area contributed by atoms with Gasteiger partial charge in [-0.1, -0.05) is 34.8 Å². The van der Waals surface area contributed by atoms with Gasteiger partial charge in [-0.3, -0.25) is 0 Å². The lowest BCUT2D eigenvalue weighted by molar-refractivity contribution is 0.226. The lowest BCUT2D eigenvalue weighted by Crippen LogP contribution is -2.33. The first-order valence-corrected chi connectivity index (χ1v) is 12.1. The van der Waals surface area contributed by atoms with Gasteiger partial charge < -0.3 is 10.2 Å². The lowest BCUT2D eigenvalue weighted by Gasteiger charge is -2.29. The minimum Gasteiger partial charge on any atom is -0.354 e. The summed E-state index contributed by atoms with van der Waals surface area (Å²) in [5.41, 5.74) is 0.595. The maximum atomic E-state index is 11.7. The number of rotatable bonds is 5. The molecule has 0 bridgehead atoms. The Balaban J connectivity index is 1.86. The summed E-state index contributed by atoms with van der Waals surface area (Å²) in [7, 11) is -1.18. The smallest absolute Gasteiger partial charge is 0.250 e. The summed E-state index contributed by atoms with van der Waals surface area (Å²) in [4.78, 5) is 15.5. The Morgan fingerprint density at radius 3 is 2.28 bits per heavy atom. The predicted molar refractivity (Wildman–Crippen MR) is 116 cm³/mol. The van der Waals surface area contributed by atoms with Gasteiger partial charge >= 0.3 is 0 Å². The molecule has 2 aromatic rings. The summed E-state index contributed by atoms with van der Waals surface area (Å²) in [5.74, 6) is 1.14. The van der Waals surface area contributed by atoms with Crippen LogP contribution in [0.25, 0.3) is 11.4 Å². The Labute approximate surface area is 185 Å². The molecule has 11 heteroatoms. The minimum absolute atomic E-state index is 0.00515. The Morgan fingerprint density at radius 1 is 1.10 bits per heavy atom. The lowest BCUT2D eigenvalue weighted by atomic mass is 9.97. The first-order chi connectivity index (χ1) is 13.5. The van der Waals surface area contributed by atoms with Gasteiger partial charge in [0.05, 0.1) is 4.90 Å². The number of nitrogens with one attached hydrogen (secondary N) is 1. The van der Waals surface area contributed by atoms with Crippen molar-refractivity contribution in [3.05, 3.63) is 30.1 Å². The highest BCUT2D eigenvalue weighted by Gasteiger charge is 2.29. The predicted octanol–water partition coefficient (Wildman–Crippen LogP) is 3.52. The van der Waals surface area contributed by atoms with E-state index in [1.165, 1.54) is 12.1 Å². The summed E-state index contributed by atoms with van der Waals surface area (Å²) in [6.07, 6.45) is 3.33. The van der Waals surface area contributed by atoms with Crippen LogP contribution in [0.3, 0.4) is 0 Å². The van der Waals surface area contributed by atoms with Crippen LogP contribution in [0.2, 0.25) is 0 Å². The summed E-state index contributed by atoms with van der Waals surface area (Å²) < 4.78 is 21.5. The number of piperidine rings is 1. The molecule has 0 aliphatic carbocycles. The fourth-order valence-electron chi connectivity index (χ4n) is 3.06. The zero-order valence-electron chi connectivity index (χ0n) is 16.1. The fraction of sp³-hybridized carbons (Fsp3) is 0.500. The molecule has 0 atom stereocenters. The van der Waals surface area contributed by atoms with Crippen LogP contribution in [0, 0.1) is 5.92 Å². The molecule has 0 amide bonds. The SMILES string of the molecule is CN1CCC(CNc2nc(-c3ccc(S(C)(=O)=O)cc3)nc(C(Cl)(Cl)Cl)n2)CC1. The van der Waals surface area contributed by atoms with E-state index in [-0.39, 0.29) is 10.7 Å². The van der Waals surface area contributed by atoms with Crippen LogP contribution < -0.4 is 5.32 Å². The third kappa shape index (κ3) is 6.15. The van der Waals surface area contributed by atoms with E-state index in [2.05, 4.69) is 32.2 Å². The molecule has 29 heavy (non-hydrogen) atoms. The molecule has 1 aromatic carbocycles. The van der Waals surface area contributed by atoms with Gasteiger partial charge in [0.2, 0.25) is 9.74 Å². The highest BCUT2D eigenvalue weighted by molar-refractivity contribution is 7.90. The van der Waals surface area contributed by atoms with Gasteiger partial charge in [0.15, 0.2) is 21.5 Å². The summed E-state index contributed by atoms with van der Waals surface area (Å²) in [6, 6.07) is 6.23. The van der Waals surface area contributed by atoms with E-state index in [1.54, 1.807) is 12.1 Å². The van der Waals surface area contributed by atoms with Crippen LogP contribution in [0.1, 0.15) is 18.7 Å². The van der Waals surface area contributed by atoms with Crippen molar-refractivity contribution in [2.75, 3.05) is 38.3 Å². The van der Waals surface area contributed by atoms with Crippen LogP contribution in [-0.2, 0) is 13.6 Å². The summed E-state index contributed by atoms with van der Waals surface area (Å²) >= 11 is 18.0. The van der Waals surface area contributed by atoms with Gasteiger partial charge in [-0.05, 0) is 63.2 Å². The molecule has 1 aliphatic rings. The average molecular weight is 479 g/mol. The molecule has 1 saturated heterocycles. The first kappa shape index (κ1) is 22.5. The molecular formula is C18H22Cl3N5O2S. The molecule has 1 aromatic heterocycles. The normalized spacial score (nSPS) is 16.7. The third-order valence-electron chi connectivity index (χ3n) is 4.82. The highest BCUT2D eigenvalue weighted by atomic mass is 35.6. The van der Waals surface area contributed by atoms with Gasteiger partial charge in [0.25, 0.3) is 0 Å². The van der Waals surface area contributed by atoms with Crippen molar-refractivity contribution in [2.45, 2.75) is 21.5 Å². The second-order valence-corrected chi connectivity index (χ2v) is 11.5. The van der Waals surface area contributed by atoms with Gasteiger partial charge in [-0.25, -0.2) is 13.4 Å². The van der Waals surface area contributed by atoms with Crippen molar-refractivity contribution in [3.63, 3.8) is 0 Å². The highest BCUT2D eigenvalue weighted by Crippen LogP contribution is 2.37. The quantitative estimate of drug-likeness (QED) is 0.658. The number of alkyl halides is 3. The Kier molecular flexibility index (Phi) is 6.90. The molecule has 1 N–H and O–H groups in total. The van der Waals surface area contributed by atoms with Gasteiger partial charge in [0.1, 0.15) is 0 Å². The van der Waals surface area contributed by atoms with E-state index in [9.17, 15) is 8.42 Å². The van der Waals surface area contributed by atoms with E-state index in [4.69, 9.17) is 34.8 Å². The number of anilines is 1. The molecule has 2 heterocycles. The van der Waals surface area contributed by atoms with Crippen LogP contribution in [0.15, 0.2) is 29.2 Å². The Morgan fingerprint density at radius 2 is 1.72 bits per heavy atom. The number of nitrogens with zero attached hydrogens (tertiary/aromatic N) is 4. The van der Waals surface area contributed by atoms with E-state index in [0.717, 1.165) is 32.2 Å². The molecule has 0 radical (unpaired) electrons. The molecule has 1 fully saturated rings. The zero-order chi connectivity index (χ0) is 21.2. The number of benzene rings is 1. The maximum Gasteiger partial charge on any atom is 0.250 e. The molecule has 0 unspecified atom stereocenters. The van der Waals surface area contributed by atoms with Gasteiger partial charge in [-0.15, -0.1) is 0 Å². The number of sulfone groups is 1. The van der Waals surface area contributed by atoms with Crippen LogP contribution in [-0.4, -0.2) is 61.2 Å². The first-order valence-electron chi connectivity index (χ1n) is 9.08. The van der Waals surface area contributed by atoms with Crippen molar-refractivity contribution in [1.82, 2.24) is 19.9 Å². The molecular weight excluding hydrogens is 457 g/mol. The van der Waals surface area contributed by atoms with Crippen molar-refractivity contribution in [1.29, 1.82) is 0 Å². The average Bonchev–Trinajstić information content (AvgIpc) is 2.66. The van der Waals surface area contributed by atoms with Gasteiger partial charge in [-0.2, -0.15) is 9.97 Å². The molecule has 0 spiro atoms. The molecule has 3 rings (SSSR count). The largest absolute Gasteiger partial charge is 0.354 e. The van der Waals surface area contributed by atoms with Crippen molar-refractivity contribution < 1.29 is 8.42 Å². The molecule has 7 nitrogen and oxygen atoms in total. The summed E-state index contributed by atoms with van der Waals surface area (Å²) in [5, 5.41) is 3.23. The second-order valence-electron chi connectivity index (χ2n) is 7.23. The van der Waals surface area contributed by atoms with Crippen LogP contribution in [0.4, 0.5) is 5.95 Å². The number of halogens is 3. The minimum atomic E-state index is -3.30. The Hall–Kier alpha value is -1.19. The van der Waals surface area contributed by atoms with Crippen LogP contribution in [0.5, 0.6) is 0 Å². The second kappa shape index (κ2) is 8.89. The fourth-order valence-corrected chi connectivity index (χ4v) is 3.95. The van der Waals surface area contributed by atoms with Crippen molar-refractivity contribution in [3.8, 4) is 11.4 Å². The zero-order valence-corrected chi connectivity index (χ0v) is 19.2. The molecule has 0 saturated carbocycles. The van der Waals surface area contributed by atoms with E-state index in [0.29, 0.717) is 29.8 Å². The number of aromatic nitrogens is 3. The molecule has 158 valence electrons. The monoisotopic (exact) mass is 477 g/mol. The molecule has 1 aliphatic heterocycles. The van der Waals surface area contributed by atoms with E-state index >= 15 is 0 Å².